The smallest absolute Gasteiger partial charge is 0.00948 e. The fraction of sp³-hybridized carbons (Fsp3) is 1.00. The summed E-state index contributed by atoms with van der Waals surface area (Å²) in [4.78, 5) is 2.52. The average Bonchev–Trinajstić information content (AvgIpc) is 2.17. The van der Waals surface area contributed by atoms with Crippen molar-refractivity contribution in [3.05, 3.63) is 0 Å². The van der Waals surface area contributed by atoms with Crippen molar-refractivity contribution >= 4 is 0 Å². The Morgan fingerprint density at radius 1 is 1.00 bits per heavy atom. The maximum atomic E-state index is 2.52. The first-order chi connectivity index (χ1) is 6.13. The molecule has 0 bridgehead atoms. The molecule has 1 aliphatic rings. The minimum Gasteiger partial charge on any atom is -0.301 e. The number of hydrogen-bond donors (Lipinski definition) is 0. The van der Waals surface area contributed by atoms with Crippen molar-refractivity contribution in [3.63, 3.8) is 0 Å². The Kier molecular flexibility index (Phi) is 4.24. The lowest BCUT2D eigenvalue weighted by Crippen LogP contribution is -2.40. The summed E-state index contributed by atoms with van der Waals surface area (Å²) in [6.07, 6.45) is 7.30. The van der Waals surface area contributed by atoms with Gasteiger partial charge in [0.1, 0.15) is 0 Å². The molecule has 1 aliphatic carbocycles. The monoisotopic (exact) mass is 183 g/mol. The molecule has 0 amide bonds. The topological polar surface area (TPSA) is 3.24 Å². The van der Waals surface area contributed by atoms with Gasteiger partial charge in [-0.3, -0.25) is 0 Å². The van der Waals surface area contributed by atoms with E-state index in [0.29, 0.717) is 6.04 Å². The van der Waals surface area contributed by atoms with Crippen LogP contribution in [0.2, 0.25) is 0 Å². The average molecular weight is 183 g/mol. The van der Waals surface area contributed by atoms with Crippen LogP contribution in [0.1, 0.15) is 52.9 Å². The van der Waals surface area contributed by atoms with Gasteiger partial charge in [-0.25, -0.2) is 0 Å². The van der Waals surface area contributed by atoms with Crippen LogP contribution in [-0.4, -0.2) is 24.0 Å². The molecule has 1 saturated carbocycles. The zero-order valence-electron chi connectivity index (χ0n) is 9.71. The summed E-state index contributed by atoms with van der Waals surface area (Å²) in [5, 5.41) is 0. The van der Waals surface area contributed by atoms with Crippen LogP contribution in [0, 0.1) is 5.92 Å². The third-order valence-corrected chi connectivity index (χ3v) is 3.79. The van der Waals surface area contributed by atoms with E-state index in [9.17, 15) is 0 Å². The van der Waals surface area contributed by atoms with E-state index in [2.05, 4.69) is 32.7 Å². The quantitative estimate of drug-likeness (QED) is 0.649. The van der Waals surface area contributed by atoms with Gasteiger partial charge in [-0.1, -0.05) is 19.3 Å². The Bertz CT molecular complexity index is 136. The van der Waals surface area contributed by atoms with Crippen LogP contribution in [0.15, 0.2) is 0 Å². The first kappa shape index (κ1) is 11.0. The molecular formula is C12H25N. The second kappa shape index (κ2) is 4.99. The van der Waals surface area contributed by atoms with Crippen LogP contribution in [0.5, 0.6) is 0 Å². The molecule has 0 saturated heterocycles. The van der Waals surface area contributed by atoms with Crippen molar-refractivity contribution < 1.29 is 0 Å². The van der Waals surface area contributed by atoms with E-state index in [0.717, 1.165) is 12.0 Å². The highest BCUT2D eigenvalue weighted by molar-refractivity contribution is 4.78. The fourth-order valence-electron chi connectivity index (χ4n) is 2.42. The lowest BCUT2D eigenvalue weighted by atomic mass is 9.84. The summed E-state index contributed by atoms with van der Waals surface area (Å²) in [6.45, 7) is 6.98. The molecule has 1 rings (SSSR count). The summed E-state index contributed by atoms with van der Waals surface area (Å²) in [5.41, 5.74) is 0. The first-order valence-corrected chi connectivity index (χ1v) is 5.85. The lowest BCUT2D eigenvalue weighted by Gasteiger charge is -2.36. The van der Waals surface area contributed by atoms with Crippen LogP contribution in [0.4, 0.5) is 0 Å². The zero-order chi connectivity index (χ0) is 9.84. The summed E-state index contributed by atoms with van der Waals surface area (Å²) >= 11 is 0. The maximum absolute atomic E-state index is 2.52. The number of hydrogen-bond acceptors (Lipinski definition) is 1. The van der Waals surface area contributed by atoms with Crippen molar-refractivity contribution in [2.24, 2.45) is 5.92 Å². The summed E-state index contributed by atoms with van der Waals surface area (Å²) in [5.74, 6) is 0.959. The molecule has 1 heteroatoms. The third kappa shape index (κ3) is 2.98. The number of nitrogens with zero attached hydrogens (tertiary/aromatic N) is 1. The van der Waals surface area contributed by atoms with Gasteiger partial charge in [0, 0.05) is 12.1 Å². The van der Waals surface area contributed by atoms with Crippen LogP contribution >= 0.6 is 0 Å². The Balaban J connectivity index is 2.40. The van der Waals surface area contributed by atoms with Gasteiger partial charge in [-0.15, -0.1) is 0 Å². The molecule has 13 heavy (non-hydrogen) atoms. The van der Waals surface area contributed by atoms with Crippen molar-refractivity contribution in [3.8, 4) is 0 Å². The molecule has 78 valence electrons. The van der Waals surface area contributed by atoms with Gasteiger partial charge in [0.2, 0.25) is 0 Å². The Hall–Kier alpha value is -0.0400. The zero-order valence-corrected chi connectivity index (χ0v) is 9.71. The van der Waals surface area contributed by atoms with Crippen molar-refractivity contribution in [1.82, 2.24) is 4.90 Å². The Morgan fingerprint density at radius 3 is 2.00 bits per heavy atom. The molecule has 1 atom stereocenters. The van der Waals surface area contributed by atoms with Gasteiger partial charge in [0.15, 0.2) is 0 Å². The van der Waals surface area contributed by atoms with Gasteiger partial charge in [-0.2, -0.15) is 0 Å². The van der Waals surface area contributed by atoms with Gasteiger partial charge >= 0.3 is 0 Å². The maximum Gasteiger partial charge on any atom is 0.00948 e. The molecule has 1 fully saturated rings. The van der Waals surface area contributed by atoms with Gasteiger partial charge in [-0.05, 0) is 46.6 Å². The molecule has 0 spiro atoms. The molecule has 0 aromatic heterocycles. The minimum absolute atomic E-state index is 0.692. The van der Waals surface area contributed by atoms with E-state index in [1.165, 1.54) is 32.1 Å². The van der Waals surface area contributed by atoms with Crippen LogP contribution in [0.25, 0.3) is 0 Å². The standard InChI is InChI=1S/C12H25N/c1-10(2)13(4)11(3)12-8-6-5-7-9-12/h10-12H,5-9H2,1-4H3/t11-/m0/s1. The largest absolute Gasteiger partial charge is 0.301 e. The van der Waals surface area contributed by atoms with Gasteiger partial charge in [0.25, 0.3) is 0 Å². The van der Waals surface area contributed by atoms with Crippen molar-refractivity contribution in [2.75, 3.05) is 7.05 Å². The molecule has 0 radical (unpaired) electrons. The molecule has 1 nitrogen and oxygen atoms in total. The third-order valence-electron chi connectivity index (χ3n) is 3.79. The van der Waals surface area contributed by atoms with Crippen molar-refractivity contribution in [2.45, 2.75) is 65.0 Å². The second-order valence-electron chi connectivity index (χ2n) is 4.90. The molecule has 0 heterocycles. The molecular weight excluding hydrogens is 158 g/mol. The fourth-order valence-corrected chi connectivity index (χ4v) is 2.42. The normalized spacial score (nSPS) is 22.6. The lowest BCUT2D eigenvalue weighted by molar-refractivity contribution is 0.128. The van der Waals surface area contributed by atoms with E-state index in [1.807, 2.05) is 0 Å². The van der Waals surface area contributed by atoms with Crippen LogP contribution in [0.3, 0.4) is 0 Å². The molecule has 0 N–H and O–H groups in total. The Labute approximate surface area is 83.5 Å². The highest BCUT2D eigenvalue weighted by Crippen LogP contribution is 2.28. The first-order valence-electron chi connectivity index (χ1n) is 5.85. The minimum atomic E-state index is 0.692. The van der Waals surface area contributed by atoms with E-state index in [1.54, 1.807) is 0 Å². The van der Waals surface area contributed by atoms with E-state index in [4.69, 9.17) is 0 Å². The molecule has 0 unspecified atom stereocenters. The molecule has 0 aromatic carbocycles. The van der Waals surface area contributed by atoms with E-state index >= 15 is 0 Å². The Morgan fingerprint density at radius 2 is 1.54 bits per heavy atom. The van der Waals surface area contributed by atoms with E-state index < -0.39 is 0 Å². The van der Waals surface area contributed by atoms with Crippen LogP contribution < -0.4 is 0 Å². The van der Waals surface area contributed by atoms with Crippen LogP contribution in [-0.2, 0) is 0 Å². The highest BCUT2D eigenvalue weighted by atomic mass is 15.1. The summed E-state index contributed by atoms with van der Waals surface area (Å²) in [7, 11) is 2.27. The van der Waals surface area contributed by atoms with Crippen molar-refractivity contribution in [1.29, 1.82) is 0 Å². The second-order valence-corrected chi connectivity index (χ2v) is 4.90. The molecule has 0 aromatic rings. The summed E-state index contributed by atoms with van der Waals surface area (Å²) in [6, 6.07) is 1.47. The predicted molar refractivity (Wildman–Crippen MR) is 58.9 cm³/mol. The van der Waals surface area contributed by atoms with Gasteiger partial charge in [0.05, 0.1) is 0 Å². The highest BCUT2D eigenvalue weighted by Gasteiger charge is 2.23. The summed E-state index contributed by atoms with van der Waals surface area (Å²) < 4.78 is 0. The SMILES string of the molecule is CC(C)N(C)[C@@H](C)C1CCCCC1. The predicted octanol–water partition coefficient (Wildman–Crippen LogP) is 3.30. The van der Waals surface area contributed by atoms with Gasteiger partial charge < -0.3 is 4.90 Å². The molecule has 0 aliphatic heterocycles. The van der Waals surface area contributed by atoms with E-state index in [-0.39, 0.29) is 0 Å². The number of rotatable bonds is 3.